The maximum absolute atomic E-state index is 11.4. The van der Waals surface area contributed by atoms with E-state index in [4.69, 9.17) is 0 Å². The summed E-state index contributed by atoms with van der Waals surface area (Å²) in [6.45, 7) is 0. The van der Waals surface area contributed by atoms with Gasteiger partial charge < -0.3 is 0 Å². The highest BCUT2D eigenvalue weighted by Crippen LogP contribution is 1.91. The zero-order chi connectivity index (χ0) is 6.08. The average Bonchev–Trinajstić information content (AvgIpc) is 1.31. The van der Waals surface area contributed by atoms with Crippen LogP contribution in [0.2, 0.25) is 0 Å². The van der Waals surface area contributed by atoms with Crippen molar-refractivity contribution < 1.29 is 12.3 Å². The summed E-state index contributed by atoms with van der Waals surface area (Å²) in [5.74, 6) is 0. The van der Waals surface area contributed by atoms with Crippen LogP contribution in [-0.2, 0) is 10.4 Å². The van der Waals surface area contributed by atoms with Crippen LogP contribution in [0, 0.1) is 0 Å². The molecular formula is C2H6FNO2S. The molecule has 3 nitrogen and oxygen atoms in total. The summed E-state index contributed by atoms with van der Waals surface area (Å²) in [6, 6.07) is 0. The topological polar surface area (TPSA) is 37.4 Å². The van der Waals surface area contributed by atoms with Crippen LogP contribution < -0.4 is 0 Å². The predicted octanol–water partition coefficient (Wildman–Crippen LogP) is -0.238. The van der Waals surface area contributed by atoms with Gasteiger partial charge in [-0.05, 0) is 0 Å². The molecule has 0 saturated carbocycles. The standard InChI is InChI=1S/C2H6FNO2S/c1-4(2)7(3,5)6/h1-2H3. The van der Waals surface area contributed by atoms with Crippen LogP contribution in [-0.4, -0.2) is 26.8 Å². The van der Waals surface area contributed by atoms with Gasteiger partial charge in [-0.1, -0.05) is 3.89 Å². The van der Waals surface area contributed by atoms with Gasteiger partial charge in [-0.25, -0.2) is 0 Å². The van der Waals surface area contributed by atoms with Crippen LogP contribution in [0.5, 0.6) is 0 Å². The number of rotatable bonds is 1. The van der Waals surface area contributed by atoms with Crippen molar-refractivity contribution in [3.63, 3.8) is 0 Å². The van der Waals surface area contributed by atoms with E-state index >= 15 is 0 Å². The molecule has 0 spiro atoms. The lowest BCUT2D eigenvalue weighted by atomic mass is 11.3. The van der Waals surface area contributed by atoms with Crippen LogP contribution in [0.3, 0.4) is 0 Å². The summed E-state index contributed by atoms with van der Waals surface area (Å²) < 4.78 is 31.1. The third-order valence-electron chi connectivity index (χ3n) is 0.436. The highest BCUT2D eigenvalue weighted by Gasteiger charge is 2.07. The van der Waals surface area contributed by atoms with E-state index in [1.807, 2.05) is 0 Å². The van der Waals surface area contributed by atoms with E-state index in [0.29, 0.717) is 4.31 Å². The molecule has 0 N–H and O–H groups in total. The van der Waals surface area contributed by atoms with Crippen LogP contribution in [0.4, 0.5) is 3.89 Å². The molecule has 0 unspecified atom stereocenters. The van der Waals surface area contributed by atoms with Gasteiger partial charge in [0.1, 0.15) is 0 Å². The van der Waals surface area contributed by atoms with Crippen LogP contribution in [0.15, 0.2) is 0 Å². The van der Waals surface area contributed by atoms with Crippen molar-refractivity contribution in [1.82, 2.24) is 4.31 Å². The fourth-order valence-corrected chi connectivity index (χ4v) is 0. The number of nitrogens with zero attached hydrogens (tertiary/aromatic N) is 1. The van der Waals surface area contributed by atoms with Crippen molar-refractivity contribution in [3.8, 4) is 0 Å². The van der Waals surface area contributed by atoms with E-state index in [1.165, 1.54) is 0 Å². The second-order valence-electron chi connectivity index (χ2n) is 1.22. The van der Waals surface area contributed by atoms with E-state index in [1.54, 1.807) is 0 Å². The molecule has 0 rings (SSSR count). The van der Waals surface area contributed by atoms with E-state index in [0.717, 1.165) is 14.1 Å². The number of hydrogen-bond acceptors (Lipinski definition) is 2. The Bertz CT molecular complexity index is 138. The highest BCUT2D eigenvalue weighted by molar-refractivity contribution is 7.83. The Morgan fingerprint density at radius 1 is 1.43 bits per heavy atom. The molecule has 5 heteroatoms. The number of hydrogen-bond donors (Lipinski definition) is 0. The van der Waals surface area contributed by atoms with Crippen molar-refractivity contribution in [2.24, 2.45) is 0 Å². The minimum atomic E-state index is -4.41. The molecule has 0 aromatic rings. The van der Waals surface area contributed by atoms with Crippen molar-refractivity contribution in [3.05, 3.63) is 0 Å². The zero-order valence-corrected chi connectivity index (χ0v) is 4.87. The quantitative estimate of drug-likeness (QED) is 0.456. The van der Waals surface area contributed by atoms with Gasteiger partial charge in [-0.2, -0.15) is 12.7 Å². The second-order valence-corrected chi connectivity index (χ2v) is 2.78. The highest BCUT2D eigenvalue weighted by atomic mass is 32.3. The Morgan fingerprint density at radius 3 is 1.57 bits per heavy atom. The SMILES string of the molecule is CN(C)S(=O)(=O)F. The molecule has 0 heterocycles. The normalized spacial score (nSPS) is 12.6. The molecule has 0 saturated heterocycles. The third kappa shape index (κ3) is 2.52. The van der Waals surface area contributed by atoms with Crippen molar-refractivity contribution in [2.75, 3.05) is 14.1 Å². The predicted molar refractivity (Wildman–Crippen MR) is 23.7 cm³/mol. The minimum Gasteiger partial charge on any atom is -0.181 e. The molecule has 0 aromatic heterocycles. The van der Waals surface area contributed by atoms with Gasteiger partial charge in [0.2, 0.25) is 0 Å². The van der Waals surface area contributed by atoms with Gasteiger partial charge in [0.05, 0.1) is 0 Å². The lowest BCUT2D eigenvalue weighted by Crippen LogP contribution is -2.16. The van der Waals surface area contributed by atoms with Gasteiger partial charge in [0.25, 0.3) is 0 Å². The Balaban J connectivity index is 4.10. The van der Waals surface area contributed by atoms with Crippen molar-refractivity contribution in [1.29, 1.82) is 0 Å². The molecule has 0 aromatic carbocycles. The fraction of sp³-hybridized carbons (Fsp3) is 1.00. The average molecular weight is 127 g/mol. The van der Waals surface area contributed by atoms with Gasteiger partial charge >= 0.3 is 10.4 Å². The summed E-state index contributed by atoms with van der Waals surface area (Å²) in [4.78, 5) is 0. The molecule has 0 atom stereocenters. The van der Waals surface area contributed by atoms with E-state index < -0.39 is 10.4 Å². The molecule has 7 heavy (non-hydrogen) atoms. The molecule has 0 amide bonds. The molecule has 0 bridgehead atoms. The Labute approximate surface area is 42.1 Å². The summed E-state index contributed by atoms with van der Waals surface area (Å²) in [7, 11) is -2.17. The smallest absolute Gasteiger partial charge is 0.181 e. The van der Waals surface area contributed by atoms with Crippen LogP contribution >= 0.6 is 0 Å². The lowest BCUT2D eigenvalue weighted by molar-refractivity contribution is 0.474. The first-order valence-corrected chi connectivity index (χ1v) is 2.91. The van der Waals surface area contributed by atoms with E-state index in [9.17, 15) is 12.3 Å². The monoisotopic (exact) mass is 127 g/mol. The molecule has 0 aliphatic carbocycles. The van der Waals surface area contributed by atoms with E-state index in [-0.39, 0.29) is 0 Å². The molecule has 44 valence electrons. The summed E-state index contributed by atoms with van der Waals surface area (Å²) in [5.41, 5.74) is 0. The molecule has 0 fully saturated rings. The maximum Gasteiger partial charge on any atom is 0.374 e. The largest absolute Gasteiger partial charge is 0.374 e. The molecule has 0 aliphatic heterocycles. The summed E-state index contributed by atoms with van der Waals surface area (Å²) >= 11 is 0. The van der Waals surface area contributed by atoms with Crippen molar-refractivity contribution >= 4 is 10.4 Å². The van der Waals surface area contributed by atoms with Gasteiger partial charge in [-0.3, -0.25) is 0 Å². The van der Waals surface area contributed by atoms with Crippen molar-refractivity contribution in [2.45, 2.75) is 0 Å². The second kappa shape index (κ2) is 1.75. The Hall–Kier alpha value is -0.160. The third-order valence-corrected chi connectivity index (χ3v) is 1.31. The van der Waals surface area contributed by atoms with Gasteiger partial charge in [0.15, 0.2) is 0 Å². The summed E-state index contributed by atoms with van der Waals surface area (Å²) in [6.07, 6.45) is 0. The first-order valence-electron chi connectivity index (χ1n) is 1.56. The Morgan fingerprint density at radius 2 is 1.57 bits per heavy atom. The molecule has 0 aliphatic rings. The first kappa shape index (κ1) is 6.84. The molecule has 0 radical (unpaired) electrons. The van der Waals surface area contributed by atoms with Gasteiger partial charge in [0, 0.05) is 14.1 Å². The fourth-order valence-electron chi connectivity index (χ4n) is 0. The summed E-state index contributed by atoms with van der Waals surface area (Å²) in [5, 5.41) is 0. The lowest BCUT2D eigenvalue weighted by Gasteiger charge is -1.98. The van der Waals surface area contributed by atoms with E-state index in [2.05, 4.69) is 0 Å². The zero-order valence-electron chi connectivity index (χ0n) is 4.05. The minimum absolute atomic E-state index is 0.493. The van der Waals surface area contributed by atoms with Gasteiger partial charge in [-0.15, -0.1) is 0 Å². The first-order chi connectivity index (χ1) is 2.94. The number of halogens is 1. The van der Waals surface area contributed by atoms with Crippen LogP contribution in [0.25, 0.3) is 0 Å². The molecular weight excluding hydrogens is 121 g/mol. The maximum atomic E-state index is 11.4. The van der Waals surface area contributed by atoms with Crippen LogP contribution in [0.1, 0.15) is 0 Å². The Kier molecular flexibility index (Phi) is 1.71.